The van der Waals surface area contributed by atoms with Crippen molar-refractivity contribution in [3.8, 4) is 5.75 Å². The molecule has 0 spiro atoms. The highest BCUT2D eigenvalue weighted by Crippen LogP contribution is 2.51. The number of nitrogens with zero attached hydrogens (tertiary/aromatic N) is 5. The molecule has 4 aliphatic heterocycles. The van der Waals surface area contributed by atoms with Gasteiger partial charge in [0.1, 0.15) is 21.9 Å². The number of aliphatic hydroxyl groups excluding tert-OH is 1. The molecule has 2 amide bonds. The van der Waals surface area contributed by atoms with Crippen molar-refractivity contribution in [1.82, 2.24) is 19.8 Å². The number of nitro benzene ring substituents is 1. The summed E-state index contributed by atoms with van der Waals surface area (Å²) < 4.78 is 73.9. The Morgan fingerprint density at radius 2 is 0.952 bits per heavy atom. The van der Waals surface area contributed by atoms with Gasteiger partial charge in [0.05, 0.1) is 34.1 Å². The van der Waals surface area contributed by atoms with E-state index < -0.39 is 112 Å². The van der Waals surface area contributed by atoms with Gasteiger partial charge < -0.3 is 33.9 Å². The van der Waals surface area contributed by atoms with E-state index in [1.54, 1.807) is 146 Å². The van der Waals surface area contributed by atoms with Crippen LogP contribution >= 0.6 is 0 Å². The van der Waals surface area contributed by atoms with Gasteiger partial charge in [-0.1, -0.05) is 133 Å². The SMILES string of the molecule is C[C@]1(CO)[C@H](C(=O)OC(c2ccccc2)c2ccccc2)N2C(=O)/C(=C/c3ccccn3)[C@H]2S1(=O)=O.C[C@]1(COC(=O)Oc2ccc([N+](=O)[O-])cc2)[C@H](C(=O)OC(c2ccccc2)c2ccccc2)N2C(=O)/C(=C/c3ccccn3)[C@H]2S1(=O)=O. The lowest BCUT2D eigenvalue weighted by Crippen LogP contribution is -2.60. The van der Waals surface area contributed by atoms with Crippen LogP contribution in [0, 0.1) is 10.1 Å². The maximum absolute atomic E-state index is 14.3. The smallest absolute Gasteiger partial charge is 0.451 e. The third-order valence-corrected chi connectivity index (χ3v) is 20.4. The van der Waals surface area contributed by atoms with E-state index in [1.807, 2.05) is 12.1 Å². The number of benzene rings is 5. The first-order valence-corrected chi connectivity index (χ1v) is 29.1. The van der Waals surface area contributed by atoms with Gasteiger partial charge in [-0.3, -0.25) is 29.7 Å². The molecule has 23 heteroatoms. The number of non-ortho nitro benzene ring substituents is 1. The predicted molar refractivity (Wildman–Crippen MR) is 302 cm³/mol. The minimum absolute atomic E-state index is 0.00587. The average Bonchev–Trinajstić information content (AvgIpc) is 1.53. The predicted octanol–water partition coefficient (Wildman–Crippen LogP) is 7.16. The number of rotatable bonds is 15. The Labute approximate surface area is 481 Å². The lowest BCUT2D eigenvalue weighted by molar-refractivity contribution is -0.384. The Hall–Kier alpha value is -9.71. The number of esters is 2. The lowest BCUT2D eigenvalue weighted by atomic mass is 9.94. The Bertz CT molecular complexity index is 3860. The zero-order valence-corrected chi connectivity index (χ0v) is 46.3. The second-order valence-corrected chi connectivity index (χ2v) is 25.1. The number of hydrogen-bond acceptors (Lipinski definition) is 18. The number of amides is 2. The first-order valence-electron chi connectivity index (χ1n) is 26.0. The molecule has 4 saturated heterocycles. The monoisotopic (exact) mass is 1170 g/mol. The number of ether oxygens (including phenoxy) is 4. The summed E-state index contributed by atoms with van der Waals surface area (Å²) in [7, 11) is -8.65. The number of carbonyl (C=O) groups excluding carboxylic acids is 5. The number of fused-ring (bicyclic) bond motifs is 2. The average molecular weight is 1170 g/mol. The van der Waals surface area contributed by atoms with E-state index in [2.05, 4.69) is 9.97 Å². The molecule has 0 bridgehead atoms. The van der Waals surface area contributed by atoms with Crippen molar-refractivity contribution in [3.63, 3.8) is 0 Å². The highest BCUT2D eigenvalue weighted by molar-refractivity contribution is 7.94. The summed E-state index contributed by atoms with van der Waals surface area (Å²) in [6, 6.07) is 47.0. The highest BCUT2D eigenvalue weighted by Gasteiger charge is 2.74. The maximum Gasteiger partial charge on any atom is 0.513 e. The van der Waals surface area contributed by atoms with Gasteiger partial charge in [0.15, 0.2) is 54.7 Å². The van der Waals surface area contributed by atoms with Crippen molar-refractivity contribution in [2.24, 2.45) is 0 Å². The Morgan fingerprint density at radius 1 is 0.583 bits per heavy atom. The summed E-state index contributed by atoms with van der Waals surface area (Å²) in [6.45, 7) is 0.739. The molecule has 0 unspecified atom stereocenters. The molecule has 5 aromatic carbocycles. The van der Waals surface area contributed by atoms with Gasteiger partial charge in [-0.15, -0.1) is 0 Å². The van der Waals surface area contributed by atoms with Gasteiger partial charge in [-0.05, 0) is 84.7 Å². The number of β-lactam (4-membered cyclic amide) rings is 2. The number of pyridine rings is 2. The van der Waals surface area contributed by atoms with Crippen LogP contribution in [0.4, 0.5) is 10.5 Å². The van der Waals surface area contributed by atoms with Crippen LogP contribution in [0.2, 0.25) is 0 Å². The molecule has 428 valence electrons. The standard InChI is InChI=1S/C34H27N3O10S.C27H24N2O6S/c1-34(21-45-33(40)46-26-17-15-25(16-18-26)37(41)42)29(32(39)47-28(22-10-4-2-5-11-22)23-12-6-3-7-13-23)36-30(38)27(31(36)48(34,43)44)20-24-14-8-9-19-35-24;1-27(17-30)23(26(32)35-22(18-10-4-2-5-11-18)19-12-6-3-7-13-19)29-24(31)21(25(29)36(27,33)34)16-20-14-8-9-15-28-20/h2-20,28-29,31H,21H2,1H3;2-16,22-23,25,30H,17H2,1H3/b27-20-;21-16-/t29-,31+,34-;23-,25+,27-/m00/s1. The lowest BCUT2D eigenvalue weighted by Gasteiger charge is -2.39. The van der Waals surface area contributed by atoms with Gasteiger partial charge in [-0.2, -0.15) is 0 Å². The van der Waals surface area contributed by atoms with Gasteiger partial charge in [0, 0.05) is 24.5 Å². The number of aliphatic hydroxyl groups is 1. The van der Waals surface area contributed by atoms with Gasteiger partial charge in [0.25, 0.3) is 17.5 Å². The Morgan fingerprint density at radius 3 is 1.31 bits per heavy atom. The van der Waals surface area contributed by atoms with E-state index in [-0.39, 0.29) is 22.6 Å². The summed E-state index contributed by atoms with van der Waals surface area (Å²) in [5.41, 5.74) is 2.98. The third-order valence-electron chi connectivity index (χ3n) is 14.9. The van der Waals surface area contributed by atoms with Crippen LogP contribution in [0.15, 0.2) is 206 Å². The van der Waals surface area contributed by atoms with Crippen molar-refractivity contribution in [2.45, 2.75) is 58.4 Å². The first-order chi connectivity index (χ1) is 40.3. The van der Waals surface area contributed by atoms with Crippen LogP contribution in [0.25, 0.3) is 12.2 Å². The van der Waals surface area contributed by atoms with E-state index in [4.69, 9.17) is 18.9 Å². The molecule has 6 atom stereocenters. The van der Waals surface area contributed by atoms with Crippen LogP contribution in [0.1, 0.15) is 59.7 Å². The molecule has 0 aliphatic carbocycles. The van der Waals surface area contributed by atoms with E-state index >= 15 is 0 Å². The molecule has 11 rings (SSSR count). The summed E-state index contributed by atoms with van der Waals surface area (Å²) in [6.07, 6.45) is 2.64. The summed E-state index contributed by atoms with van der Waals surface area (Å²) >= 11 is 0. The molecule has 0 radical (unpaired) electrons. The van der Waals surface area contributed by atoms with Crippen molar-refractivity contribution in [2.75, 3.05) is 13.2 Å². The summed E-state index contributed by atoms with van der Waals surface area (Å²) in [5, 5.41) is 18.2. The zero-order valence-electron chi connectivity index (χ0n) is 44.6. The fourth-order valence-electron chi connectivity index (χ4n) is 10.5. The number of hydrogen-bond donors (Lipinski definition) is 1. The molecule has 0 saturated carbocycles. The zero-order chi connectivity index (χ0) is 59.6. The normalized spacial score (nSPS) is 23.3. The number of sulfone groups is 2. The third kappa shape index (κ3) is 10.5. The second kappa shape index (κ2) is 23.3. The molecular weight excluding hydrogens is 1120 g/mol. The quantitative estimate of drug-likeness (QED) is 0.0203. The van der Waals surface area contributed by atoms with Crippen LogP contribution in [-0.4, -0.2) is 122 Å². The minimum atomic E-state index is -4.47. The number of nitro groups is 1. The van der Waals surface area contributed by atoms with Crippen molar-refractivity contribution in [3.05, 3.63) is 249 Å². The fraction of sp³-hybridized carbons (Fsp3) is 0.197. The van der Waals surface area contributed by atoms with Gasteiger partial charge >= 0.3 is 18.1 Å². The fourth-order valence-corrected chi connectivity index (χ4v) is 15.0. The van der Waals surface area contributed by atoms with Crippen LogP contribution < -0.4 is 4.74 Å². The van der Waals surface area contributed by atoms with Gasteiger partial charge in [-0.25, -0.2) is 31.2 Å². The van der Waals surface area contributed by atoms with Crippen LogP contribution in [0.5, 0.6) is 5.75 Å². The van der Waals surface area contributed by atoms with Crippen molar-refractivity contribution >= 4 is 67.4 Å². The largest absolute Gasteiger partial charge is 0.513 e. The Balaban J connectivity index is 0.000000195. The van der Waals surface area contributed by atoms with E-state index in [0.29, 0.717) is 33.6 Å². The molecule has 4 aliphatic rings. The summed E-state index contributed by atoms with van der Waals surface area (Å²) in [5.74, 6) is -3.36. The molecule has 84 heavy (non-hydrogen) atoms. The molecule has 6 heterocycles. The maximum atomic E-state index is 14.3. The minimum Gasteiger partial charge on any atom is -0.451 e. The van der Waals surface area contributed by atoms with E-state index in [9.17, 15) is 56.0 Å². The van der Waals surface area contributed by atoms with Crippen LogP contribution in [-0.2, 0) is 53.1 Å². The molecule has 1 N–H and O–H groups in total. The van der Waals surface area contributed by atoms with E-state index in [0.717, 1.165) is 21.9 Å². The molecular formula is C61H51N5O16S2. The van der Waals surface area contributed by atoms with E-state index in [1.165, 1.54) is 50.5 Å². The highest BCUT2D eigenvalue weighted by atomic mass is 32.2. The summed E-state index contributed by atoms with van der Waals surface area (Å²) in [4.78, 5) is 87.8. The molecule has 7 aromatic rings. The van der Waals surface area contributed by atoms with Crippen LogP contribution in [0.3, 0.4) is 0 Å². The Kier molecular flexibility index (Phi) is 15.9. The van der Waals surface area contributed by atoms with Crippen molar-refractivity contribution in [1.29, 1.82) is 0 Å². The molecule has 4 fully saturated rings. The van der Waals surface area contributed by atoms with Gasteiger partial charge in [0.2, 0.25) is 0 Å². The second-order valence-electron chi connectivity index (χ2n) is 20.2. The molecule has 2 aromatic heterocycles. The number of aromatic nitrogens is 2. The molecule has 21 nitrogen and oxygen atoms in total. The topological polar surface area (TPSA) is 286 Å². The number of carbonyl (C=O) groups is 5. The van der Waals surface area contributed by atoms with Crippen molar-refractivity contribution < 1.29 is 69.8 Å². The first kappa shape index (κ1) is 57.5.